The minimum atomic E-state index is -0.553. The van der Waals surface area contributed by atoms with Crippen molar-refractivity contribution in [3.63, 3.8) is 0 Å². The van der Waals surface area contributed by atoms with E-state index in [4.69, 9.17) is 4.98 Å². The first kappa shape index (κ1) is 22.4. The number of nitrogens with one attached hydrogen (secondary N) is 1. The van der Waals surface area contributed by atoms with Crippen LogP contribution in [0.15, 0.2) is 88.8 Å². The predicted molar refractivity (Wildman–Crippen MR) is 138 cm³/mol. The lowest BCUT2D eigenvalue weighted by molar-refractivity contribution is -0.115. The Hall–Kier alpha value is -3.38. The fourth-order valence-electron chi connectivity index (χ4n) is 4.54. The number of carbonyl (C=O) groups is 1. The average molecular weight is 470 g/mol. The van der Waals surface area contributed by atoms with Gasteiger partial charge in [-0.1, -0.05) is 84.8 Å². The van der Waals surface area contributed by atoms with Gasteiger partial charge in [0.25, 0.3) is 5.56 Å². The second-order valence-electron chi connectivity index (χ2n) is 8.79. The molecule has 5 rings (SSSR count). The monoisotopic (exact) mass is 469 g/mol. The van der Waals surface area contributed by atoms with Gasteiger partial charge in [-0.15, -0.1) is 0 Å². The molecule has 0 bridgehead atoms. The van der Waals surface area contributed by atoms with Gasteiger partial charge >= 0.3 is 0 Å². The summed E-state index contributed by atoms with van der Waals surface area (Å²) in [6.07, 6.45) is 4.12. The summed E-state index contributed by atoms with van der Waals surface area (Å²) in [4.78, 5) is 32.0. The molecule has 3 aromatic carbocycles. The Morgan fingerprint density at radius 1 is 0.971 bits per heavy atom. The zero-order chi connectivity index (χ0) is 23.5. The molecule has 5 nitrogen and oxygen atoms in total. The third kappa shape index (κ3) is 4.64. The fourth-order valence-corrected chi connectivity index (χ4v) is 5.71. The van der Waals surface area contributed by atoms with Crippen LogP contribution in [0.4, 0.5) is 5.69 Å². The van der Waals surface area contributed by atoms with Crippen LogP contribution in [0.25, 0.3) is 10.9 Å². The highest BCUT2D eigenvalue weighted by Crippen LogP contribution is 2.39. The number of benzene rings is 3. The highest BCUT2D eigenvalue weighted by atomic mass is 32.2. The van der Waals surface area contributed by atoms with E-state index in [9.17, 15) is 9.59 Å². The van der Waals surface area contributed by atoms with Crippen LogP contribution in [0, 0.1) is 6.92 Å². The van der Waals surface area contributed by atoms with Crippen molar-refractivity contribution in [1.82, 2.24) is 9.55 Å². The molecule has 0 radical (unpaired) electrons. The SMILES string of the molecule is Cc1ccc(NC(=O)C(Sc2nc3ccccc3c(=O)n2C2CCCC2)c2ccccc2)cc1. The lowest BCUT2D eigenvalue weighted by Crippen LogP contribution is -2.27. The molecule has 1 aromatic heterocycles. The van der Waals surface area contributed by atoms with E-state index in [1.54, 1.807) is 0 Å². The first-order chi connectivity index (χ1) is 16.6. The summed E-state index contributed by atoms with van der Waals surface area (Å²) in [6.45, 7) is 2.02. The molecule has 1 unspecified atom stereocenters. The quantitative estimate of drug-likeness (QED) is 0.266. The minimum Gasteiger partial charge on any atom is -0.325 e. The number of para-hydroxylation sites is 1. The third-order valence-corrected chi connectivity index (χ3v) is 7.57. The van der Waals surface area contributed by atoms with E-state index in [0.717, 1.165) is 42.5 Å². The number of thioether (sulfide) groups is 1. The Morgan fingerprint density at radius 3 is 2.38 bits per heavy atom. The number of nitrogens with zero attached hydrogens (tertiary/aromatic N) is 2. The van der Waals surface area contributed by atoms with Crippen molar-refractivity contribution in [1.29, 1.82) is 0 Å². The van der Waals surface area contributed by atoms with E-state index in [-0.39, 0.29) is 17.5 Å². The van der Waals surface area contributed by atoms with Gasteiger partial charge in [-0.3, -0.25) is 14.2 Å². The van der Waals surface area contributed by atoms with Gasteiger partial charge in [0.15, 0.2) is 5.16 Å². The van der Waals surface area contributed by atoms with Crippen molar-refractivity contribution in [2.45, 2.75) is 49.1 Å². The number of fused-ring (bicyclic) bond motifs is 1. The van der Waals surface area contributed by atoms with Gasteiger partial charge in [-0.25, -0.2) is 4.98 Å². The summed E-state index contributed by atoms with van der Waals surface area (Å²) in [6, 6.07) is 25.0. The molecule has 0 spiro atoms. The van der Waals surface area contributed by atoms with Gasteiger partial charge in [0.2, 0.25) is 5.91 Å². The van der Waals surface area contributed by atoms with Gasteiger partial charge in [-0.05, 0) is 49.6 Å². The molecule has 1 saturated carbocycles. The Balaban J connectivity index is 1.57. The first-order valence-corrected chi connectivity index (χ1v) is 12.6. The third-order valence-electron chi connectivity index (χ3n) is 6.35. The van der Waals surface area contributed by atoms with Gasteiger partial charge < -0.3 is 5.32 Å². The molecular formula is C28H27N3O2S. The first-order valence-electron chi connectivity index (χ1n) is 11.7. The molecule has 6 heteroatoms. The number of rotatable bonds is 6. The minimum absolute atomic E-state index is 0.0224. The molecule has 1 aliphatic carbocycles. The maximum absolute atomic E-state index is 13.6. The Kier molecular flexibility index (Phi) is 6.50. The summed E-state index contributed by atoms with van der Waals surface area (Å²) in [5.41, 5.74) is 3.39. The number of hydrogen-bond acceptors (Lipinski definition) is 4. The summed E-state index contributed by atoms with van der Waals surface area (Å²) in [5, 5.41) is 3.73. The van der Waals surface area contributed by atoms with Gasteiger partial charge in [0, 0.05) is 11.7 Å². The molecule has 1 aliphatic rings. The maximum atomic E-state index is 13.6. The molecule has 1 fully saturated rings. The Labute approximate surface area is 203 Å². The zero-order valence-corrected chi connectivity index (χ0v) is 19.9. The Morgan fingerprint density at radius 2 is 1.65 bits per heavy atom. The number of aromatic nitrogens is 2. The normalized spacial score (nSPS) is 14.9. The van der Waals surface area contributed by atoms with Gasteiger partial charge in [0.05, 0.1) is 10.9 Å². The van der Waals surface area contributed by atoms with Crippen molar-refractivity contribution < 1.29 is 4.79 Å². The fraction of sp³-hybridized carbons (Fsp3) is 0.250. The van der Waals surface area contributed by atoms with Crippen LogP contribution in [-0.4, -0.2) is 15.5 Å². The highest BCUT2D eigenvalue weighted by molar-refractivity contribution is 8.00. The molecule has 34 heavy (non-hydrogen) atoms. The molecule has 1 heterocycles. The highest BCUT2D eigenvalue weighted by Gasteiger charge is 2.28. The topological polar surface area (TPSA) is 64.0 Å². The van der Waals surface area contributed by atoms with E-state index in [0.29, 0.717) is 16.1 Å². The Bertz CT molecular complexity index is 1360. The molecule has 0 saturated heterocycles. The number of hydrogen-bond donors (Lipinski definition) is 1. The van der Waals surface area contributed by atoms with Crippen molar-refractivity contribution in [3.8, 4) is 0 Å². The molecule has 0 aliphatic heterocycles. The smallest absolute Gasteiger partial charge is 0.262 e. The second-order valence-corrected chi connectivity index (χ2v) is 9.86. The molecule has 172 valence electrons. The standard InChI is InChI=1S/C28H27N3O2S/c1-19-15-17-21(18-16-19)29-26(32)25(20-9-3-2-4-10-20)34-28-30-24-14-8-7-13-23(24)27(33)31(28)22-11-5-6-12-22/h2-4,7-10,13-18,22,25H,5-6,11-12H2,1H3,(H,29,32). The molecule has 1 N–H and O–H groups in total. The van der Waals surface area contributed by atoms with Crippen molar-refractivity contribution >= 4 is 34.3 Å². The van der Waals surface area contributed by atoms with Crippen LogP contribution in [-0.2, 0) is 4.79 Å². The van der Waals surface area contributed by atoms with Crippen LogP contribution < -0.4 is 10.9 Å². The van der Waals surface area contributed by atoms with E-state index in [2.05, 4.69) is 5.32 Å². The summed E-state index contributed by atoms with van der Waals surface area (Å²) < 4.78 is 1.84. The van der Waals surface area contributed by atoms with Gasteiger partial charge in [-0.2, -0.15) is 0 Å². The molecule has 1 amide bonds. The number of anilines is 1. The van der Waals surface area contributed by atoms with Crippen LogP contribution in [0.3, 0.4) is 0 Å². The molecule has 4 aromatic rings. The predicted octanol–water partition coefficient (Wildman–Crippen LogP) is 6.29. The van der Waals surface area contributed by atoms with Crippen LogP contribution in [0.1, 0.15) is 48.1 Å². The van der Waals surface area contributed by atoms with E-state index in [1.807, 2.05) is 90.4 Å². The lowest BCUT2D eigenvalue weighted by Gasteiger charge is -2.22. The van der Waals surface area contributed by atoms with Crippen LogP contribution in [0.5, 0.6) is 0 Å². The average Bonchev–Trinajstić information content (AvgIpc) is 3.39. The van der Waals surface area contributed by atoms with Crippen molar-refractivity contribution in [3.05, 3.63) is 100 Å². The summed E-state index contributed by atoms with van der Waals surface area (Å²) in [7, 11) is 0. The summed E-state index contributed by atoms with van der Waals surface area (Å²) >= 11 is 1.35. The van der Waals surface area contributed by atoms with E-state index >= 15 is 0 Å². The summed E-state index contributed by atoms with van der Waals surface area (Å²) in [5.74, 6) is -0.138. The molecular weight excluding hydrogens is 442 g/mol. The van der Waals surface area contributed by atoms with Crippen molar-refractivity contribution in [2.75, 3.05) is 5.32 Å². The van der Waals surface area contributed by atoms with E-state index in [1.165, 1.54) is 11.8 Å². The number of aryl methyl sites for hydroxylation is 1. The van der Waals surface area contributed by atoms with Crippen LogP contribution in [0.2, 0.25) is 0 Å². The largest absolute Gasteiger partial charge is 0.325 e. The number of carbonyl (C=O) groups excluding carboxylic acids is 1. The lowest BCUT2D eigenvalue weighted by atomic mass is 10.1. The van der Waals surface area contributed by atoms with Gasteiger partial charge in [0.1, 0.15) is 5.25 Å². The zero-order valence-electron chi connectivity index (χ0n) is 19.1. The van der Waals surface area contributed by atoms with Crippen LogP contribution >= 0.6 is 11.8 Å². The van der Waals surface area contributed by atoms with Crippen molar-refractivity contribution in [2.24, 2.45) is 0 Å². The molecule has 1 atom stereocenters. The van der Waals surface area contributed by atoms with E-state index < -0.39 is 5.25 Å². The maximum Gasteiger partial charge on any atom is 0.262 e. The second kappa shape index (κ2) is 9.85. The number of amides is 1.